The highest BCUT2D eigenvalue weighted by molar-refractivity contribution is 9.10. The third-order valence-electron chi connectivity index (χ3n) is 4.03. The van der Waals surface area contributed by atoms with Crippen LogP contribution in [0.25, 0.3) is 0 Å². The Morgan fingerprint density at radius 3 is 2.61 bits per heavy atom. The molecule has 3 rings (SSSR count). The Balaban J connectivity index is 1.65. The quantitative estimate of drug-likeness (QED) is 0.729. The Morgan fingerprint density at radius 2 is 2.00 bits per heavy atom. The van der Waals surface area contributed by atoms with Crippen LogP contribution in [-0.2, 0) is 6.42 Å². The third kappa shape index (κ3) is 3.73. The van der Waals surface area contributed by atoms with E-state index in [0.29, 0.717) is 0 Å². The van der Waals surface area contributed by atoms with Gasteiger partial charge in [0.1, 0.15) is 0 Å². The largest absolute Gasteiger partial charge is 0.368 e. The monoisotopic (exact) mass is 412 g/mol. The lowest BCUT2D eigenvalue weighted by molar-refractivity contribution is 0.0751. The molecule has 2 heterocycles. The molecule has 6 heteroatoms. The maximum absolute atomic E-state index is 12.7. The Kier molecular flexibility index (Phi) is 5.29. The molecule has 1 aliphatic heterocycles. The first kappa shape index (κ1) is 16.8. The van der Waals surface area contributed by atoms with Crippen LogP contribution in [-0.4, -0.2) is 37.0 Å². The number of anilines is 1. The molecule has 0 N–H and O–H groups in total. The Hall–Kier alpha value is -1.04. The van der Waals surface area contributed by atoms with Crippen molar-refractivity contribution in [2.75, 3.05) is 31.1 Å². The molecule has 0 unspecified atom stereocenters. The second kappa shape index (κ2) is 7.24. The van der Waals surface area contributed by atoms with Gasteiger partial charge in [-0.2, -0.15) is 0 Å². The zero-order chi connectivity index (χ0) is 16.4. The minimum Gasteiger partial charge on any atom is -0.368 e. The van der Waals surface area contributed by atoms with Crippen LogP contribution in [0.1, 0.15) is 21.5 Å². The first-order valence-corrected chi connectivity index (χ1v) is 9.65. The number of benzene rings is 1. The third-order valence-corrected chi connectivity index (χ3v) is 6.50. The van der Waals surface area contributed by atoms with Gasteiger partial charge >= 0.3 is 0 Å². The van der Waals surface area contributed by atoms with Crippen molar-refractivity contribution in [1.29, 1.82) is 0 Å². The van der Waals surface area contributed by atoms with E-state index in [-0.39, 0.29) is 5.91 Å². The van der Waals surface area contributed by atoms with E-state index in [4.69, 9.17) is 11.6 Å². The Labute approximate surface area is 154 Å². The molecule has 1 saturated heterocycles. The number of hydrogen-bond acceptors (Lipinski definition) is 3. The highest BCUT2D eigenvalue weighted by atomic mass is 79.9. The molecule has 1 aliphatic rings. The van der Waals surface area contributed by atoms with Gasteiger partial charge in [0.2, 0.25) is 0 Å². The van der Waals surface area contributed by atoms with Crippen molar-refractivity contribution in [1.82, 2.24) is 4.90 Å². The number of aryl methyl sites for hydroxylation is 1. The summed E-state index contributed by atoms with van der Waals surface area (Å²) in [6, 6.07) is 9.83. The molecule has 1 fully saturated rings. The number of carbonyl (C=O) groups is 1. The van der Waals surface area contributed by atoms with Gasteiger partial charge in [-0.3, -0.25) is 4.79 Å². The van der Waals surface area contributed by atoms with Gasteiger partial charge < -0.3 is 9.80 Å². The summed E-state index contributed by atoms with van der Waals surface area (Å²) < 4.78 is 1.05. The average molecular weight is 414 g/mol. The van der Waals surface area contributed by atoms with Gasteiger partial charge in [-0.15, -0.1) is 11.3 Å². The van der Waals surface area contributed by atoms with Gasteiger partial charge in [0.05, 0.1) is 4.88 Å². The number of rotatable bonds is 3. The van der Waals surface area contributed by atoms with Gasteiger partial charge in [-0.1, -0.05) is 24.6 Å². The van der Waals surface area contributed by atoms with Gasteiger partial charge in [0.25, 0.3) is 5.91 Å². The van der Waals surface area contributed by atoms with Crippen molar-refractivity contribution >= 4 is 50.5 Å². The van der Waals surface area contributed by atoms with E-state index in [1.165, 1.54) is 4.88 Å². The van der Waals surface area contributed by atoms with Gasteiger partial charge in [-0.05, 0) is 46.6 Å². The number of halogens is 2. The zero-order valence-electron chi connectivity index (χ0n) is 12.9. The molecule has 0 saturated carbocycles. The summed E-state index contributed by atoms with van der Waals surface area (Å²) in [5.41, 5.74) is 1.12. The second-order valence-corrected chi connectivity index (χ2v) is 7.92. The summed E-state index contributed by atoms with van der Waals surface area (Å²) >= 11 is 11.2. The zero-order valence-corrected chi connectivity index (χ0v) is 16.0. The van der Waals surface area contributed by atoms with E-state index in [2.05, 4.69) is 33.8 Å². The summed E-state index contributed by atoms with van der Waals surface area (Å²) in [5, 5.41) is 0.747. The molecule has 1 aromatic carbocycles. The van der Waals surface area contributed by atoms with Crippen LogP contribution in [0.15, 0.2) is 34.8 Å². The van der Waals surface area contributed by atoms with Crippen molar-refractivity contribution in [3.8, 4) is 0 Å². The number of piperazine rings is 1. The molecule has 0 spiro atoms. The van der Waals surface area contributed by atoms with Gasteiger partial charge in [-0.25, -0.2) is 0 Å². The van der Waals surface area contributed by atoms with Crippen LogP contribution in [0.2, 0.25) is 5.02 Å². The first-order chi connectivity index (χ1) is 11.1. The average Bonchev–Trinajstić information content (AvgIpc) is 2.95. The molecule has 1 amide bonds. The van der Waals surface area contributed by atoms with Crippen LogP contribution in [0.3, 0.4) is 0 Å². The molecule has 23 heavy (non-hydrogen) atoms. The number of nitrogens with zero attached hydrogens (tertiary/aromatic N) is 2. The molecule has 122 valence electrons. The standard InChI is InChI=1S/C17H18BrClN2OS/c1-2-15-14(18)11-16(23-15)17(22)21-8-6-20(7-9-21)13-5-3-4-12(19)10-13/h3-5,10-11H,2,6-9H2,1H3. The van der Waals surface area contributed by atoms with Gasteiger partial charge in [0.15, 0.2) is 0 Å². The Morgan fingerprint density at radius 1 is 1.26 bits per heavy atom. The lowest BCUT2D eigenvalue weighted by atomic mass is 10.2. The van der Waals surface area contributed by atoms with Crippen LogP contribution in [0.5, 0.6) is 0 Å². The Bertz CT molecular complexity index is 710. The normalized spacial score (nSPS) is 15.1. The molecule has 0 bridgehead atoms. The van der Waals surface area contributed by atoms with Crippen molar-refractivity contribution in [2.45, 2.75) is 13.3 Å². The van der Waals surface area contributed by atoms with E-state index in [9.17, 15) is 4.79 Å². The summed E-state index contributed by atoms with van der Waals surface area (Å²) in [5.74, 6) is 0.140. The SMILES string of the molecule is CCc1sc(C(=O)N2CCN(c3cccc(Cl)c3)CC2)cc1Br. The fourth-order valence-corrected chi connectivity index (χ4v) is 4.80. The maximum Gasteiger partial charge on any atom is 0.264 e. The molecule has 1 aromatic heterocycles. The number of hydrogen-bond donors (Lipinski definition) is 0. The van der Waals surface area contributed by atoms with Crippen molar-refractivity contribution < 1.29 is 4.79 Å². The summed E-state index contributed by atoms with van der Waals surface area (Å²) in [7, 11) is 0. The minimum atomic E-state index is 0.140. The molecule has 0 atom stereocenters. The highest BCUT2D eigenvalue weighted by Gasteiger charge is 2.24. The van der Waals surface area contributed by atoms with Gasteiger partial charge in [0, 0.05) is 46.2 Å². The van der Waals surface area contributed by atoms with E-state index in [1.54, 1.807) is 11.3 Å². The highest BCUT2D eigenvalue weighted by Crippen LogP contribution is 2.29. The topological polar surface area (TPSA) is 23.6 Å². The number of amides is 1. The maximum atomic E-state index is 12.7. The van der Waals surface area contributed by atoms with Crippen LogP contribution in [0.4, 0.5) is 5.69 Å². The smallest absolute Gasteiger partial charge is 0.264 e. The molecule has 3 nitrogen and oxygen atoms in total. The van der Waals surface area contributed by atoms with E-state index in [1.807, 2.05) is 29.2 Å². The molecule has 2 aromatic rings. The number of thiophene rings is 1. The first-order valence-electron chi connectivity index (χ1n) is 7.66. The van der Waals surface area contributed by atoms with Crippen LogP contribution in [0, 0.1) is 0 Å². The predicted molar refractivity (Wildman–Crippen MR) is 101 cm³/mol. The molecule has 0 aliphatic carbocycles. The summed E-state index contributed by atoms with van der Waals surface area (Å²) in [4.78, 5) is 18.9. The molecule has 0 radical (unpaired) electrons. The molecular formula is C17H18BrClN2OS. The van der Waals surface area contributed by atoms with Crippen molar-refractivity contribution in [2.24, 2.45) is 0 Å². The number of carbonyl (C=O) groups excluding carboxylic acids is 1. The lowest BCUT2D eigenvalue weighted by Gasteiger charge is -2.36. The predicted octanol–water partition coefficient (Wildman–Crippen LogP) is 4.69. The van der Waals surface area contributed by atoms with E-state index < -0.39 is 0 Å². The van der Waals surface area contributed by atoms with Crippen molar-refractivity contribution in [3.05, 3.63) is 49.6 Å². The lowest BCUT2D eigenvalue weighted by Crippen LogP contribution is -2.48. The van der Waals surface area contributed by atoms with Crippen LogP contribution >= 0.6 is 38.9 Å². The fraction of sp³-hybridized carbons (Fsp3) is 0.353. The summed E-state index contributed by atoms with van der Waals surface area (Å²) in [6.45, 7) is 5.25. The van der Waals surface area contributed by atoms with E-state index >= 15 is 0 Å². The van der Waals surface area contributed by atoms with E-state index in [0.717, 1.165) is 52.7 Å². The fourth-order valence-electron chi connectivity index (χ4n) is 2.75. The molecular weight excluding hydrogens is 396 g/mol. The van der Waals surface area contributed by atoms with Crippen LogP contribution < -0.4 is 4.90 Å². The minimum absolute atomic E-state index is 0.140. The van der Waals surface area contributed by atoms with Crippen molar-refractivity contribution in [3.63, 3.8) is 0 Å². The summed E-state index contributed by atoms with van der Waals surface area (Å²) in [6.07, 6.45) is 0.946. The second-order valence-electron chi connectivity index (χ2n) is 5.49.